The summed E-state index contributed by atoms with van der Waals surface area (Å²) < 4.78 is 2.48. The molecule has 2 heterocycles. The van der Waals surface area contributed by atoms with E-state index in [0.29, 0.717) is 0 Å². The maximum atomic E-state index is 4.27. The lowest BCUT2D eigenvalue weighted by Gasteiger charge is -2.18. The average molecular weight is 452 g/mol. The fourth-order valence-electron chi connectivity index (χ4n) is 5.63. The number of aromatic nitrogens is 3. The normalized spacial score (nSPS) is 13.3. The molecule has 0 aliphatic heterocycles. The van der Waals surface area contributed by atoms with Gasteiger partial charge in [0.25, 0.3) is 0 Å². The molecule has 4 aliphatic carbocycles. The van der Waals surface area contributed by atoms with Crippen molar-refractivity contribution in [2.24, 2.45) is 0 Å². The molecule has 0 saturated heterocycles. The van der Waals surface area contributed by atoms with Crippen LogP contribution in [-0.4, -0.2) is 14.5 Å². The monoisotopic (exact) mass is 451 g/mol. The number of hydrogen-bond acceptors (Lipinski definition) is 2. The van der Waals surface area contributed by atoms with Gasteiger partial charge in [0.1, 0.15) is 6.33 Å². The third kappa shape index (κ3) is 3.43. The third-order valence-corrected chi connectivity index (χ3v) is 7.38. The second-order valence-electron chi connectivity index (χ2n) is 9.45. The second-order valence-corrected chi connectivity index (χ2v) is 9.45. The van der Waals surface area contributed by atoms with Gasteiger partial charge in [-0.05, 0) is 71.7 Å². The van der Waals surface area contributed by atoms with Crippen molar-refractivity contribution in [1.29, 1.82) is 0 Å². The second kappa shape index (κ2) is 8.21. The Morgan fingerprint density at radius 1 is 0.571 bits per heavy atom. The van der Waals surface area contributed by atoms with E-state index in [4.69, 9.17) is 0 Å². The van der Waals surface area contributed by atoms with Crippen LogP contribution in [0.1, 0.15) is 22.3 Å². The van der Waals surface area contributed by atoms with Gasteiger partial charge in [-0.15, -0.1) is 0 Å². The molecule has 3 heteroatoms. The molecule has 168 valence electrons. The summed E-state index contributed by atoms with van der Waals surface area (Å²) in [5.41, 5.74) is 11.7. The number of fused-ring (bicyclic) bond motifs is 3. The van der Waals surface area contributed by atoms with Gasteiger partial charge in [0, 0.05) is 34.4 Å². The molecular formula is C32H25N3. The van der Waals surface area contributed by atoms with Crippen molar-refractivity contribution in [3.63, 3.8) is 0 Å². The molecule has 10 rings (SSSR count). The zero-order valence-electron chi connectivity index (χ0n) is 19.5. The fraction of sp³-hybridized carbons (Fsp3) is 0.125. The van der Waals surface area contributed by atoms with Crippen molar-refractivity contribution in [2.75, 3.05) is 0 Å². The van der Waals surface area contributed by atoms with Crippen LogP contribution in [0.25, 0.3) is 38.6 Å². The minimum absolute atomic E-state index is 0.983. The molecule has 6 aromatic rings. The Hall–Kier alpha value is -4.24. The van der Waals surface area contributed by atoms with Crippen LogP contribution in [0.4, 0.5) is 0 Å². The van der Waals surface area contributed by atoms with Gasteiger partial charge in [-0.2, -0.15) is 0 Å². The predicted molar refractivity (Wildman–Crippen MR) is 143 cm³/mol. The standard InChI is InChI=1S/C32H25N3/c1-3-7-30-27(5-1)28-6-2-4-8-31(28)35(30)32-18-23-10-14-24-13-9-22(11-15-25(32)16-12-23)17-29(24)26-19-33-21-34-20-26/h1-9,12-13,16-21H,10-11,14-15H2. The number of para-hydroxylation sites is 2. The summed E-state index contributed by atoms with van der Waals surface area (Å²) in [6.45, 7) is 0. The number of hydrogen-bond donors (Lipinski definition) is 0. The Morgan fingerprint density at radius 2 is 1.17 bits per heavy atom. The van der Waals surface area contributed by atoms with E-state index in [9.17, 15) is 0 Å². The van der Waals surface area contributed by atoms with Crippen LogP contribution in [0.15, 0.2) is 104 Å². The van der Waals surface area contributed by atoms with Crippen LogP contribution in [-0.2, 0) is 25.7 Å². The van der Waals surface area contributed by atoms with E-state index in [1.165, 1.54) is 55.3 Å². The van der Waals surface area contributed by atoms with Crippen molar-refractivity contribution in [1.82, 2.24) is 14.5 Å². The molecule has 0 saturated carbocycles. The highest BCUT2D eigenvalue weighted by molar-refractivity contribution is 6.09. The lowest BCUT2D eigenvalue weighted by molar-refractivity contribution is 0.909. The van der Waals surface area contributed by atoms with Crippen molar-refractivity contribution in [2.45, 2.75) is 25.7 Å². The van der Waals surface area contributed by atoms with Gasteiger partial charge in [0.05, 0.1) is 11.0 Å². The summed E-state index contributed by atoms with van der Waals surface area (Å²) in [5, 5.41) is 2.62. The van der Waals surface area contributed by atoms with E-state index >= 15 is 0 Å². The molecule has 2 aromatic heterocycles. The third-order valence-electron chi connectivity index (χ3n) is 7.38. The molecular weight excluding hydrogens is 426 g/mol. The summed E-state index contributed by atoms with van der Waals surface area (Å²) in [5.74, 6) is 0. The molecule has 3 nitrogen and oxygen atoms in total. The molecule has 4 bridgehead atoms. The average Bonchev–Trinajstić information content (AvgIpc) is 3.25. The van der Waals surface area contributed by atoms with Crippen molar-refractivity contribution in [3.8, 4) is 16.8 Å². The first-order chi connectivity index (χ1) is 17.3. The molecule has 4 aromatic carbocycles. The summed E-state index contributed by atoms with van der Waals surface area (Å²) in [6.07, 6.45) is 9.40. The molecule has 0 amide bonds. The topological polar surface area (TPSA) is 30.7 Å². The maximum Gasteiger partial charge on any atom is 0.115 e. The summed E-state index contributed by atoms with van der Waals surface area (Å²) in [7, 11) is 0. The van der Waals surface area contributed by atoms with E-state index < -0.39 is 0 Å². The number of aryl methyl sites for hydroxylation is 4. The highest BCUT2D eigenvalue weighted by Crippen LogP contribution is 2.34. The SMILES string of the molecule is c1ccc2c(c1)c1ccccc1n2-c1cc2ccc1CCc1ccc(c(-c3cncnc3)c1)CC2. The number of rotatable bonds is 2. The Balaban J connectivity index is 1.39. The molecule has 35 heavy (non-hydrogen) atoms. The van der Waals surface area contributed by atoms with Gasteiger partial charge in [-0.1, -0.05) is 66.7 Å². The molecule has 0 atom stereocenters. The van der Waals surface area contributed by atoms with E-state index in [1.54, 1.807) is 6.33 Å². The predicted octanol–water partition coefficient (Wildman–Crippen LogP) is 7.12. The van der Waals surface area contributed by atoms with Crippen LogP contribution >= 0.6 is 0 Å². The molecule has 0 unspecified atom stereocenters. The lowest BCUT2D eigenvalue weighted by Crippen LogP contribution is -2.05. The molecule has 0 N–H and O–H groups in total. The molecule has 0 fully saturated rings. The van der Waals surface area contributed by atoms with Crippen LogP contribution in [0.2, 0.25) is 0 Å². The minimum atomic E-state index is 0.983. The van der Waals surface area contributed by atoms with Gasteiger partial charge in [0.2, 0.25) is 0 Å². The maximum absolute atomic E-state index is 4.27. The van der Waals surface area contributed by atoms with Crippen LogP contribution in [0.3, 0.4) is 0 Å². The number of nitrogens with zero attached hydrogens (tertiary/aromatic N) is 3. The van der Waals surface area contributed by atoms with E-state index in [1.807, 2.05) is 12.4 Å². The Kier molecular flexibility index (Phi) is 4.73. The van der Waals surface area contributed by atoms with Gasteiger partial charge >= 0.3 is 0 Å². The minimum Gasteiger partial charge on any atom is -0.309 e. The van der Waals surface area contributed by atoms with Gasteiger partial charge in [-0.3, -0.25) is 0 Å². The first kappa shape index (κ1) is 20.2. The summed E-state index contributed by atoms with van der Waals surface area (Å²) in [4.78, 5) is 8.54. The van der Waals surface area contributed by atoms with E-state index in [2.05, 4.69) is 99.5 Å². The largest absolute Gasteiger partial charge is 0.309 e. The Morgan fingerprint density at radius 3 is 1.89 bits per heavy atom. The van der Waals surface area contributed by atoms with Gasteiger partial charge in [-0.25, -0.2) is 9.97 Å². The van der Waals surface area contributed by atoms with Crippen LogP contribution < -0.4 is 0 Å². The van der Waals surface area contributed by atoms with E-state index in [0.717, 1.165) is 31.2 Å². The van der Waals surface area contributed by atoms with Crippen LogP contribution in [0, 0.1) is 0 Å². The first-order valence-electron chi connectivity index (χ1n) is 12.3. The van der Waals surface area contributed by atoms with Gasteiger partial charge in [0.15, 0.2) is 0 Å². The Labute approximate surface area is 204 Å². The van der Waals surface area contributed by atoms with E-state index in [-0.39, 0.29) is 0 Å². The molecule has 0 spiro atoms. The smallest absolute Gasteiger partial charge is 0.115 e. The van der Waals surface area contributed by atoms with Gasteiger partial charge < -0.3 is 4.57 Å². The Bertz CT molecular complexity index is 1640. The highest BCUT2D eigenvalue weighted by atomic mass is 15.0. The highest BCUT2D eigenvalue weighted by Gasteiger charge is 2.17. The molecule has 4 aliphatic rings. The quantitative estimate of drug-likeness (QED) is 0.280. The van der Waals surface area contributed by atoms with Crippen molar-refractivity contribution in [3.05, 3.63) is 126 Å². The fourth-order valence-corrected chi connectivity index (χ4v) is 5.63. The van der Waals surface area contributed by atoms with Crippen LogP contribution in [0.5, 0.6) is 0 Å². The summed E-state index contributed by atoms with van der Waals surface area (Å²) >= 11 is 0. The van der Waals surface area contributed by atoms with Crippen molar-refractivity contribution >= 4 is 21.8 Å². The summed E-state index contributed by atoms with van der Waals surface area (Å²) in [6, 6.07) is 31.6. The zero-order chi connectivity index (χ0) is 23.2. The van der Waals surface area contributed by atoms with Crippen molar-refractivity contribution < 1.29 is 0 Å². The zero-order valence-corrected chi connectivity index (χ0v) is 19.5. The first-order valence-corrected chi connectivity index (χ1v) is 12.3. The molecule has 0 radical (unpaired) electrons. The number of benzene rings is 4. The lowest BCUT2D eigenvalue weighted by atomic mass is 9.90.